The summed E-state index contributed by atoms with van der Waals surface area (Å²) in [4.78, 5) is 18.0. The van der Waals surface area contributed by atoms with E-state index in [-0.39, 0.29) is 0 Å². The first-order valence-corrected chi connectivity index (χ1v) is 20.9. The van der Waals surface area contributed by atoms with Gasteiger partial charge in [-0.1, -0.05) is 11.6 Å². The SMILES string of the molecule is COc1ccc(C2=C(Cl)c3cc4ccc(cc5nc(cc6[nH]c(c(-c7ccc(OC)cc7OC)c2n3)c(-c2ccc(OC)cc2OC)c6-c2ccc(OC)cc2OC)C=C5)[nH]4)c(OC)c1. The Kier molecular flexibility index (Phi) is 11.6. The van der Waals surface area contributed by atoms with Crippen molar-refractivity contribution in [1.29, 1.82) is 0 Å². The fourth-order valence-corrected chi connectivity index (χ4v) is 8.64. The van der Waals surface area contributed by atoms with Gasteiger partial charge in [-0.25, -0.2) is 9.97 Å². The van der Waals surface area contributed by atoms with Crippen LogP contribution >= 0.6 is 11.6 Å². The minimum Gasteiger partial charge on any atom is -0.497 e. The Labute approximate surface area is 380 Å². The summed E-state index contributed by atoms with van der Waals surface area (Å²) in [7, 11) is 13.0. The minimum atomic E-state index is 0.388. The summed E-state index contributed by atoms with van der Waals surface area (Å²) in [6.45, 7) is 0. The van der Waals surface area contributed by atoms with Gasteiger partial charge in [-0.3, -0.25) is 0 Å². The van der Waals surface area contributed by atoms with Crippen molar-refractivity contribution >= 4 is 56.4 Å². The summed E-state index contributed by atoms with van der Waals surface area (Å²) in [5.74, 6) is 4.58. The number of benzene rings is 4. The highest BCUT2D eigenvalue weighted by atomic mass is 35.5. The lowest BCUT2D eigenvalue weighted by atomic mass is 9.89. The first-order chi connectivity index (χ1) is 31.7. The predicted octanol–water partition coefficient (Wildman–Crippen LogP) is 11.7. The number of rotatable bonds is 12. The quantitative estimate of drug-likeness (QED) is 0.122. The monoisotopic (exact) mass is 888 g/mol. The number of aromatic amines is 2. The summed E-state index contributed by atoms with van der Waals surface area (Å²) in [6.07, 6.45) is 3.97. The number of halogens is 1. The molecule has 0 spiro atoms. The van der Waals surface area contributed by atoms with Gasteiger partial charge in [-0.05, 0) is 91.0 Å². The van der Waals surface area contributed by atoms with Crippen molar-refractivity contribution in [2.75, 3.05) is 56.9 Å². The lowest BCUT2D eigenvalue weighted by molar-refractivity contribution is 0.393. The average molecular weight is 889 g/mol. The summed E-state index contributed by atoms with van der Waals surface area (Å²) in [5, 5.41) is 0.388. The first-order valence-electron chi connectivity index (χ1n) is 20.5. The molecule has 12 nitrogen and oxygen atoms in total. The van der Waals surface area contributed by atoms with E-state index < -0.39 is 0 Å². The van der Waals surface area contributed by atoms with E-state index in [9.17, 15) is 0 Å². The Morgan fingerprint density at radius 2 is 0.862 bits per heavy atom. The van der Waals surface area contributed by atoms with Gasteiger partial charge in [0.1, 0.15) is 46.0 Å². The van der Waals surface area contributed by atoms with Gasteiger partial charge >= 0.3 is 0 Å². The minimum absolute atomic E-state index is 0.388. The van der Waals surface area contributed by atoms with Crippen LogP contribution in [0.5, 0.6) is 46.0 Å². The molecule has 0 atom stereocenters. The molecule has 0 fully saturated rings. The van der Waals surface area contributed by atoms with Crippen LogP contribution in [0.1, 0.15) is 28.3 Å². The number of ether oxygens (including phenoxy) is 8. The predicted molar refractivity (Wildman–Crippen MR) is 257 cm³/mol. The summed E-state index contributed by atoms with van der Waals surface area (Å²) >= 11 is 7.67. The fourth-order valence-electron chi connectivity index (χ4n) is 8.35. The molecule has 65 heavy (non-hydrogen) atoms. The zero-order valence-electron chi connectivity index (χ0n) is 37.0. The van der Waals surface area contributed by atoms with Gasteiger partial charge in [-0.15, -0.1) is 0 Å². The van der Waals surface area contributed by atoms with E-state index >= 15 is 0 Å². The van der Waals surface area contributed by atoms with E-state index in [1.54, 1.807) is 56.9 Å². The molecule has 5 heterocycles. The van der Waals surface area contributed by atoms with Crippen LogP contribution in [0.15, 0.2) is 103 Å². The van der Waals surface area contributed by atoms with Crippen molar-refractivity contribution in [3.63, 3.8) is 0 Å². The van der Waals surface area contributed by atoms with Gasteiger partial charge in [-0.2, -0.15) is 0 Å². The number of H-pyrrole nitrogens is 2. The molecule has 2 N–H and O–H groups in total. The van der Waals surface area contributed by atoms with Gasteiger partial charge in [0.05, 0.1) is 90.2 Å². The molecule has 0 amide bonds. The maximum Gasteiger partial charge on any atom is 0.130 e. The first kappa shape index (κ1) is 42.5. The summed E-state index contributed by atoms with van der Waals surface area (Å²) in [5.41, 5.74) is 11.0. The summed E-state index contributed by atoms with van der Waals surface area (Å²) in [6, 6.07) is 32.7. The molecule has 9 rings (SSSR count). The lowest BCUT2D eigenvalue weighted by Gasteiger charge is -2.18. The fraction of sp³-hybridized carbons (Fsp3) is 0.154. The molecule has 13 heteroatoms. The summed E-state index contributed by atoms with van der Waals surface area (Å²) < 4.78 is 47.5. The largest absolute Gasteiger partial charge is 0.497 e. The van der Waals surface area contributed by atoms with Gasteiger partial charge in [0.25, 0.3) is 0 Å². The number of hydrogen-bond donors (Lipinski definition) is 2. The van der Waals surface area contributed by atoms with E-state index in [0.717, 1.165) is 39.0 Å². The molecule has 0 aliphatic carbocycles. The second kappa shape index (κ2) is 17.7. The van der Waals surface area contributed by atoms with Crippen LogP contribution < -0.4 is 37.9 Å². The highest BCUT2D eigenvalue weighted by molar-refractivity contribution is 6.54. The average Bonchev–Trinajstić information content (AvgIpc) is 4.14. The molecule has 4 aromatic carbocycles. The van der Waals surface area contributed by atoms with Crippen LogP contribution in [-0.2, 0) is 0 Å². The molecule has 328 valence electrons. The van der Waals surface area contributed by atoms with Crippen molar-refractivity contribution in [3.8, 4) is 79.4 Å². The molecule has 0 saturated heterocycles. The maximum absolute atomic E-state index is 7.67. The number of fused-ring (bicyclic) bond motifs is 8. The Morgan fingerprint density at radius 3 is 1.37 bits per heavy atom. The highest BCUT2D eigenvalue weighted by Crippen LogP contribution is 2.53. The normalized spacial score (nSPS) is 12.0. The Balaban J connectivity index is 1.60. The topological polar surface area (TPSA) is 131 Å². The van der Waals surface area contributed by atoms with E-state index in [1.165, 1.54) is 0 Å². The lowest BCUT2D eigenvalue weighted by Crippen LogP contribution is -1.99. The van der Waals surface area contributed by atoms with E-state index in [0.29, 0.717) is 101 Å². The number of nitrogens with one attached hydrogen (secondary N) is 2. The Morgan fingerprint density at radius 1 is 0.415 bits per heavy atom. The molecular weight excluding hydrogens is 844 g/mol. The second-order valence-corrected chi connectivity index (χ2v) is 15.3. The van der Waals surface area contributed by atoms with Gasteiger partial charge in [0.2, 0.25) is 0 Å². The molecule has 0 radical (unpaired) electrons. The van der Waals surface area contributed by atoms with E-state index in [4.69, 9.17) is 59.5 Å². The zero-order valence-corrected chi connectivity index (χ0v) is 37.8. The van der Waals surface area contributed by atoms with Crippen LogP contribution in [0.2, 0.25) is 0 Å². The van der Waals surface area contributed by atoms with Gasteiger partial charge < -0.3 is 47.9 Å². The molecule has 2 aliphatic rings. The van der Waals surface area contributed by atoms with Crippen molar-refractivity contribution in [1.82, 2.24) is 19.9 Å². The van der Waals surface area contributed by atoms with Gasteiger partial charge in [0.15, 0.2) is 0 Å². The van der Waals surface area contributed by atoms with Crippen molar-refractivity contribution in [2.45, 2.75) is 0 Å². The molecule has 2 aliphatic heterocycles. The molecule has 0 unspecified atom stereocenters. The molecule has 7 aromatic rings. The Bertz CT molecular complexity index is 3240. The number of nitrogens with zero attached hydrogens (tertiary/aromatic N) is 2. The molecular formula is C52H45ClN4O8. The standard InChI is InChI=1S/C52H45ClN4O8/c1-58-32-13-17-36(42(24-32)62-5)46-40-22-30-11-9-28(54-30)21-29-10-12-31(55-29)23-41-50(53)48(38-19-15-34(60-3)26-44(38)64-7)52(57-41)49(39-20-16-35(61-4)27-45(39)65-8)51(56-40)47(46)37-18-14-33(59-2)25-43(37)63-6/h9-27,55-56H,1-8H3. The third-order valence-electron chi connectivity index (χ3n) is 11.4. The van der Waals surface area contributed by atoms with E-state index in [2.05, 4.69) is 9.97 Å². The van der Waals surface area contributed by atoms with Crippen LogP contribution in [-0.4, -0.2) is 76.8 Å². The van der Waals surface area contributed by atoms with Gasteiger partial charge in [0, 0.05) is 85.3 Å². The zero-order chi connectivity index (χ0) is 45.4. The van der Waals surface area contributed by atoms with Crippen LogP contribution in [0.4, 0.5) is 0 Å². The number of methoxy groups -OCH3 is 8. The smallest absolute Gasteiger partial charge is 0.130 e. The number of hydrogen-bond acceptors (Lipinski definition) is 10. The van der Waals surface area contributed by atoms with Crippen LogP contribution in [0.25, 0.3) is 78.2 Å². The third kappa shape index (κ3) is 7.71. The van der Waals surface area contributed by atoms with Crippen molar-refractivity contribution in [2.24, 2.45) is 0 Å². The van der Waals surface area contributed by atoms with E-state index in [1.807, 2.05) is 115 Å². The van der Waals surface area contributed by atoms with Crippen LogP contribution in [0, 0.1) is 0 Å². The maximum atomic E-state index is 7.67. The highest BCUT2D eigenvalue weighted by Gasteiger charge is 2.32. The molecule has 8 bridgehead atoms. The second-order valence-electron chi connectivity index (χ2n) is 14.9. The van der Waals surface area contributed by atoms with Crippen molar-refractivity contribution in [3.05, 3.63) is 131 Å². The molecule has 0 saturated carbocycles. The van der Waals surface area contributed by atoms with Crippen LogP contribution in [0.3, 0.4) is 0 Å². The third-order valence-corrected chi connectivity index (χ3v) is 11.8. The molecule has 3 aromatic heterocycles. The number of aromatic nitrogens is 4. The van der Waals surface area contributed by atoms with Crippen molar-refractivity contribution < 1.29 is 37.9 Å². The Hall–Kier alpha value is -7.83.